The lowest BCUT2D eigenvalue weighted by atomic mass is 10.1. The highest BCUT2D eigenvalue weighted by Crippen LogP contribution is 2.24. The highest BCUT2D eigenvalue weighted by atomic mass is 79.9. The minimum absolute atomic E-state index is 0.211. The molecule has 0 aliphatic carbocycles. The molecule has 1 aromatic carbocycles. The summed E-state index contributed by atoms with van der Waals surface area (Å²) in [5.41, 5.74) is 2.17. The highest BCUT2D eigenvalue weighted by molar-refractivity contribution is 9.10. The lowest BCUT2D eigenvalue weighted by Gasteiger charge is -2.15. The molecule has 0 amide bonds. The van der Waals surface area contributed by atoms with Crippen LogP contribution < -0.4 is 10.1 Å². The molecule has 0 bridgehead atoms. The molecule has 0 saturated carbocycles. The predicted molar refractivity (Wildman–Crippen MR) is 80.2 cm³/mol. The summed E-state index contributed by atoms with van der Waals surface area (Å²) >= 11 is 3.52. The Morgan fingerprint density at radius 2 is 2.05 bits per heavy atom. The van der Waals surface area contributed by atoms with Gasteiger partial charge in [0.2, 0.25) is 5.88 Å². The summed E-state index contributed by atoms with van der Waals surface area (Å²) in [5, 5.41) is 3.20. The minimum Gasteiger partial charge on any atom is -0.473 e. The quantitative estimate of drug-likeness (QED) is 0.912. The molecule has 19 heavy (non-hydrogen) atoms. The monoisotopic (exact) mass is 320 g/mol. The smallest absolute Gasteiger partial charge is 0.218 e. The maximum atomic E-state index is 5.85. The first-order chi connectivity index (χ1) is 9.22. The summed E-state index contributed by atoms with van der Waals surface area (Å²) in [6, 6.07) is 12.2. The van der Waals surface area contributed by atoms with E-state index >= 15 is 0 Å². The Balaban J connectivity index is 2.14. The van der Waals surface area contributed by atoms with Crippen molar-refractivity contribution in [2.75, 3.05) is 7.05 Å². The average molecular weight is 321 g/mol. The predicted octanol–water partition coefficient (Wildman–Crippen LogP) is 3.70. The van der Waals surface area contributed by atoms with Gasteiger partial charge in [0.15, 0.2) is 0 Å². The number of nitrogens with one attached hydrogen (secondary N) is 1. The standard InChI is InChI=1S/C15H17BrN2O/c1-11(17-2)13-7-5-9-18-15(13)19-10-12-6-3-4-8-14(12)16/h3-9,11,17H,10H2,1-2H3. The van der Waals surface area contributed by atoms with Crippen LogP contribution in [0, 0.1) is 0 Å². The van der Waals surface area contributed by atoms with E-state index < -0.39 is 0 Å². The summed E-state index contributed by atoms with van der Waals surface area (Å²) < 4.78 is 6.90. The summed E-state index contributed by atoms with van der Waals surface area (Å²) in [6.07, 6.45) is 1.75. The van der Waals surface area contributed by atoms with Crippen molar-refractivity contribution in [1.82, 2.24) is 10.3 Å². The molecule has 4 heteroatoms. The van der Waals surface area contributed by atoms with E-state index in [1.807, 2.05) is 43.4 Å². The van der Waals surface area contributed by atoms with Crippen LogP contribution in [0.1, 0.15) is 24.1 Å². The van der Waals surface area contributed by atoms with Crippen molar-refractivity contribution in [1.29, 1.82) is 0 Å². The van der Waals surface area contributed by atoms with Crippen molar-refractivity contribution in [2.45, 2.75) is 19.6 Å². The Hall–Kier alpha value is -1.39. The van der Waals surface area contributed by atoms with Gasteiger partial charge in [0, 0.05) is 27.8 Å². The molecule has 1 aromatic heterocycles. The van der Waals surface area contributed by atoms with Crippen LogP contribution in [0.3, 0.4) is 0 Å². The van der Waals surface area contributed by atoms with Crippen LogP contribution >= 0.6 is 15.9 Å². The van der Waals surface area contributed by atoms with Crippen LogP contribution in [0.4, 0.5) is 0 Å². The third-order valence-electron chi connectivity index (χ3n) is 3.02. The zero-order chi connectivity index (χ0) is 13.7. The molecular formula is C15H17BrN2O. The van der Waals surface area contributed by atoms with Crippen molar-refractivity contribution >= 4 is 15.9 Å². The SMILES string of the molecule is CNC(C)c1cccnc1OCc1ccccc1Br. The second-order valence-electron chi connectivity index (χ2n) is 4.29. The second-order valence-corrected chi connectivity index (χ2v) is 5.14. The number of nitrogens with zero attached hydrogens (tertiary/aromatic N) is 1. The number of halogens is 1. The molecule has 0 spiro atoms. The van der Waals surface area contributed by atoms with E-state index in [4.69, 9.17) is 4.74 Å². The van der Waals surface area contributed by atoms with Crippen molar-refractivity contribution < 1.29 is 4.74 Å². The van der Waals surface area contributed by atoms with Gasteiger partial charge in [-0.05, 0) is 26.1 Å². The summed E-state index contributed by atoms with van der Waals surface area (Å²) in [5.74, 6) is 0.681. The van der Waals surface area contributed by atoms with Crippen LogP contribution in [0.2, 0.25) is 0 Å². The zero-order valence-corrected chi connectivity index (χ0v) is 12.6. The second kappa shape index (κ2) is 6.68. The molecule has 0 radical (unpaired) electrons. The zero-order valence-electron chi connectivity index (χ0n) is 11.1. The van der Waals surface area contributed by atoms with E-state index in [9.17, 15) is 0 Å². The van der Waals surface area contributed by atoms with Gasteiger partial charge >= 0.3 is 0 Å². The van der Waals surface area contributed by atoms with Crippen LogP contribution in [0.5, 0.6) is 5.88 Å². The largest absolute Gasteiger partial charge is 0.473 e. The third-order valence-corrected chi connectivity index (χ3v) is 3.80. The Morgan fingerprint density at radius 1 is 1.26 bits per heavy atom. The van der Waals surface area contributed by atoms with Crippen LogP contribution in [0.15, 0.2) is 47.1 Å². The van der Waals surface area contributed by atoms with E-state index in [0.29, 0.717) is 12.5 Å². The minimum atomic E-state index is 0.211. The number of aromatic nitrogens is 1. The molecule has 1 heterocycles. The van der Waals surface area contributed by atoms with Gasteiger partial charge in [0.25, 0.3) is 0 Å². The molecule has 0 aliphatic rings. The normalized spacial score (nSPS) is 12.2. The number of ether oxygens (including phenoxy) is 1. The molecule has 0 aliphatic heterocycles. The van der Waals surface area contributed by atoms with Crippen molar-refractivity contribution in [3.63, 3.8) is 0 Å². The Bertz CT molecular complexity index is 545. The number of rotatable bonds is 5. The van der Waals surface area contributed by atoms with Gasteiger partial charge in [-0.1, -0.05) is 40.2 Å². The van der Waals surface area contributed by atoms with Crippen LogP contribution in [-0.4, -0.2) is 12.0 Å². The first kappa shape index (κ1) is 14.0. The maximum Gasteiger partial charge on any atom is 0.218 e. The number of benzene rings is 1. The molecule has 1 unspecified atom stereocenters. The molecule has 1 N–H and O–H groups in total. The first-order valence-electron chi connectivity index (χ1n) is 6.20. The molecule has 100 valence electrons. The van der Waals surface area contributed by atoms with Gasteiger partial charge < -0.3 is 10.1 Å². The van der Waals surface area contributed by atoms with Crippen LogP contribution in [-0.2, 0) is 6.61 Å². The Kier molecular flexibility index (Phi) is 4.93. The fourth-order valence-electron chi connectivity index (χ4n) is 1.77. The van der Waals surface area contributed by atoms with Gasteiger partial charge in [-0.25, -0.2) is 4.98 Å². The van der Waals surface area contributed by atoms with Crippen molar-refractivity contribution in [2.24, 2.45) is 0 Å². The number of hydrogen-bond donors (Lipinski definition) is 1. The fourth-order valence-corrected chi connectivity index (χ4v) is 2.17. The van der Waals surface area contributed by atoms with Gasteiger partial charge in [-0.2, -0.15) is 0 Å². The van der Waals surface area contributed by atoms with Gasteiger partial charge in [-0.15, -0.1) is 0 Å². The summed E-state index contributed by atoms with van der Waals surface area (Å²) in [4.78, 5) is 4.31. The molecular weight excluding hydrogens is 304 g/mol. The third kappa shape index (κ3) is 3.55. The van der Waals surface area contributed by atoms with Gasteiger partial charge in [0.1, 0.15) is 6.61 Å². The maximum absolute atomic E-state index is 5.85. The molecule has 2 rings (SSSR count). The van der Waals surface area contributed by atoms with E-state index in [2.05, 4.69) is 33.2 Å². The van der Waals surface area contributed by atoms with E-state index in [-0.39, 0.29) is 6.04 Å². The average Bonchev–Trinajstić information content (AvgIpc) is 2.46. The molecule has 0 saturated heterocycles. The Labute approximate surface area is 122 Å². The Morgan fingerprint density at radius 3 is 2.79 bits per heavy atom. The summed E-state index contributed by atoms with van der Waals surface area (Å²) in [7, 11) is 1.93. The lowest BCUT2D eigenvalue weighted by Crippen LogP contribution is -2.14. The van der Waals surface area contributed by atoms with Gasteiger partial charge in [0.05, 0.1) is 0 Å². The summed E-state index contributed by atoms with van der Waals surface area (Å²) in [6.45, 7) is 2.59. The van der Waals surface area contributed by atoms with E-state index in [1.54, 1.807) is 6.20 Å². The van der Waals surface area contributed by atoms with Crippen molar-refractivity contribution in [3.05, 3.63) is 58.2 Å². The first-order valence-corrected chi connectivity index (χ1v) is 7.00. The fraction of sp³-hybridized carbons (Fsp3) is 0.267. The molecule has 2 aromatic rings. The lowest BCUT2D eigenvalue weighted by molar-refractivity contribution is 0.287. The highest BCUT2D eigenvalue weighted by Gasteiger charge is 2.11. The molecule has 3 nitrogen and oxygen atoms in total. The van der Waals surface area contributed by atoms with E-state index in [1.165, 1.54) is 0 Å². The topological polar surface area (TPSA) is 34.2 Å². The molecule has 0 fully saturated rings. The number of hydrogen-bond acceptors (Lipinski definition) is 3. The van der Waals surface area contributed by atoms with Gasteiger partial charge in [-0.3, -0.25) is 0 Å². The van der Waals surface area contributed by atoms with E-state index in [0.717, 1.165) is 15.6 Å². The van der Waals surface area contributed by atoms with Crippen molar-refractivity contribution in [3.8, 4) is 5.88 Å². The van der Waals surface area contributed by atoms with Crippen LogP contribution in [0.25, 0.3) is 0 Å². The molecule has 1 atom stereocenters. The number of pyridine rings is 1.